The molecule has 1 amide bonds. The Bertz CT molecular complexity index is 733. The summed E-state index contributed by atoms with van der Waals surface area (Å²) in [4.78, 5) is 26.4. The fourth-order valence-electron chi connectivity index (χ4n) is 3.74. The van der Waals surface area contributed by atoms with Crippen molar-refractivity contribution < 1.29 is 14.3 Å². The zero-order valence-corrected chi connectivity index (χ0v) is 14.6. The lowest BCUT2D eigenvalue weighted by atomic mass is 9.76. The number of carbonyl (C=O) groups is 1. The molecule has 1 spiro atoms. The third kappa shape index (κ3) is 3.67. The molecule has 0 aromatic carbocycles. The van der Waals surface area contributed by atoms with Crippen molar-refractivity contribution in [3.05, 3.63) is 48.8 Å². The molecular weight excluding hydrogens is 332 g/mol. The Balaban J connectivity index is 1.28. The first kappa shape index (κ1) is 16.9. The Kier molecular flexibility index (Phi) is 4.79. The van der Waals surface area contributed by atoms with Crippen molar-refractivity contribution in [2.24, 2.45) is 5.41 Å². The molecule has 0 radical (unpaired) electrons. The molecule has 7 heteroatoms. The summed E-state index contributed by atoms with van der Waals surface area (Å²) in [6.07, 6.45) is 9.43. The van der Waals surface area contributed by atoms with Gasteiger partial charge in [0.05, 0.1) is 18.9 Å². The minimum absolute atomic E-state index is 0.0161. The van der Waals surface area contributed by atoms with Crippen molar-refractivity contribution in [2.75, 3.05) is 26.3 Å². The molecule has 136 valence electrons. The number of hydrogen-bond acceptors (Lipinski definition) is 6. The monoisotopic (exact) mass is 354 g/mol. The zero-order chi connectivity index (χ0) is 17.8. The largest absolute Gasteiger partial charge is 0.489 e. The van der Waals surface area contributed by atoms with Crippen LogP contribution in [0.2, 0.25) is 0 Å². The van der Waals surface area contributed by atoms with Crippen molar-refractivity contribution in [1.82, 2.24) is 19.9 Å². The second-order valence-corrected chi connectivity index (χ2v) is 7.02. The van der Waals surface area contributed by atoms with Gasteiger partial charge in [0.2, 0.25) is 0 Å². The Morgan fingerprint density at radius 2 is 2.15 bits per heavy atom. The van der Waals surface area contributed by atoms with Crippen molar-refractivity contribution in [3.8, 4) is 5.75 Å². The van der Waals surface area contributed by atoms with Gasteiger partial charge in [0, 0.05) is 25.5 Å². The maximum absolute atomic E-state index is 12.5. The molecule has 4 heterocycles. The van der Waals surface area contributed by atoms with Gasteiger partial charge >= 0.3 is 0 Å². The number of carbonyl (C=O) groups excluding carboxylic acids is 1. The molecule has 2 saturated heterocycles. The number of likely N-dealkylation sites (tertiary alicyclic amines) is 1. The summed E-state index contributed by atoms with van der Waals surface area (Å²) in [5.41, 5.74) is 0.618. The summed E-state index contributed by atoms with van der Waals surface area (Å²) in [7, 11) is 0. The average molecular weight is 354 g/mol. The molecule has 0 bridgehead atoms. The lowest BCUT2D eigenvalue weighted by molar-refractivity contribution is 0.0424. The van der Waals surface area contributed by atoms with Crippen LogP contribution in [0.15, 0.2) is 43.1 Å². The van der Waals surface area contributed by atoms with Gasteiger partial charge in [-0.2, -0.15) is 0 Å². The van der Waals surface area contributed by atoms with E-state index in [4.69, 9.17) is 9.47 Å². The van der Waals surface area contributed by atoms with Gasteiger partial charge in [0.15, 0.2) is 0 Å². The van der Waals surface area contributed by atoms with Gasteiger partial charge in [-0.3, -0.25) is 9.78 Å². The molecule has 4 rings (SSSR count). The van der Waals surface area contributed by atoms with Crippen molar-refractivity contribution in [1.29, 1.82) is 0 Å². The average Bonchev–Trinajstić information content (AvgIpc) is 3.10. The van der Waals surface area contributed by atoms with Gasteiger partial charge in [-0.15, -0.1) is 0 Å². The van der Waals surface area contributed by atoms with Gasteiger partial charge in [0.25, 0.3) is 5.91 Å². The highest BCUT2D eigenvalue weighted by atomic mass is 16.5. The Morgan fingerprint density at radius 3 is 2.88 bits per heavy atom. The minimum Gasteiger partial charge on any atom is -0.489 e. The Morgan fingerprint density at radius 1 is 1.27 bits per heavy atom. The van der Waals surface area contributed by atoms with Gasteiger partial charge in [-0.25, -0.2) is 9.97 Å². The van der Waals surface area contributed by atoms with Crippen LogP contribution >= 0.6 is 0 Å². The number of amides is 1. The predicted molar refractivity (Wildman–Crippen MR) is 93.7 cm³/mol. The fraction of sp³-hybridized carbons (Fsp3) is 0.474. The number of piperidine rings is 1. The number of pyridine rings is 1. The summed E-state index contributed by atoms with van der Waals surface area (Å²) in [6, 6.07) is 5.42. The van der Waals surface area contributed by atoms with E-state index in [2.05, 4.69) is 15.0 Å². The molecule has 7 nitrogen and oxygen atoms in total. The summed E-state index contributed by atoms with van der Waals surface area (Å²) in [6.45, 7) is 2.76. The van der Waals surface area contributed by atoms with Crippen LogP contribution in [-0.4, -0.2) is 58.2 Å². The highest BCUT2D eigenvalue weighted by Gasteiger charge is 2.43. The Labute approximate surface area is 152 Å². The first-order valence-corrected chi connectivity index (χ1v) is 8.94. The number of hydrogen-bond donors (Lipinski definition) is 0. The zero-order valence-electron chi connectivity index (χ0n) is 14.6. The van der Waals surface area contributed by atoms with Crippen molar-refractivity contribution >= 4 is 5.91 Å². The van der Waals surface area contributed by atoms with Gasteiger partial charge < -0.3 is 14.4 Å². The van der Waals surface area contributed by atoms with Gasteiger partial charge in [-0.1, -0.05) is 0 Å². The number of rotatable bonds is 4. The topological polar surface area (TPSA) is 77.4 Å². The molecule has 2 fully saturated rings. The molecular formula is C19H22N4O3. The molecule has 26 heavy (non-hydrogen) atoms. The molecule has 2 aromatic rings. The van der Waals surface area contributed by atoms with Crippen LogP contribution in [0.4, 0.5) is 0 Å². The van der Waals surface area contributed by atoms with Crippen molar-refractivity contribution in [2.45, 2.75) is 25.4 Å². The molecule has 2 aromatic heterocycles. The second kappa shape index (κ2) is 7.37. The number of aromatic nitrogens is 3. The van der Waals surface area contributed by atoms with E-state index in [0.29, 0.717) is 12.3 Å². The summed E-state index contributed by atoms with van der Waals surface area (Å²) >= 11 is 0. The van der Waals surface area contributed by atoms with Crippen LogP contribution in [-0.2, 0) is 4.74 Å². The SMILES string of the molecule is O=C(c1ccncn1)N1CCC2(CC1)CO[C@H](COc1cccnc1)C2. The van der Waals surface area contributed by atoms with E-state index in [1.165, 1.54) is 6.33 Å². The first-order valence-electron chi connectivity index (χ1n) is 8.94. The van der Waals surface area contributed by atoms with E-state index in [0.717, 1.165) is 44.7 Å². The molecule has 0 N–H and O–H groups in total. The Hall–Kier alpha value is -2.54. The summed E-state index contributed by atoms with van der Waals surface area (Å²) < 4.78 is 11.8. The maximum Gasteiger partial charge on any atom is 0.272 e. The van der Waals surface area contributed by atoms with Crippen LogP contribution in [0.25, 0.3) is 0 Å². The molecule has 0 saturated carbocycles. The highest BCUT2D eigenvalue weighted by molar-refractivity contribution is 5.92. The normalized spacial score (nSPS) is 21.7. The molecule has 0 aliphatic carbocycles. The first-order chi connectivity index (χ1) is 12.7. The van der Waals surface area contributed by atoms with E-state index in [1.54, 1.807) is 24.7 Å². The van der Waals surface area contributed by atoms with E-state index in [9.17, 15) is 4.79 Å². The second-order valence-electron chi connectivity index (χ2n) is 7.02. The lowest BCUT2D eigenvalue weighted by Gasteiger charge is -2.38. The minimum atomic E-state index is -0.0161. The van der Waals surface area contributed by atoms with Crippen LogP contribution in [0.3, 0.4) is 0 Å². The standard InChI is InChI=1S/C19H22N4O3/c24-18(17-3-7-21-14-22-17)23-8-4-19(5-9-23)10-16(26-13-19)12-25-15-2-1-6-20-11-15/h1-3,6-7,11,14,16H,4-5,8-10,12-13H2/t16-/m0/s1. The van der Waals surface area contributed by atoms with Gasteiger partial charge in [-0.05, 0) is 42.9 Å². The summed E-state index contributed by atoms with van der Waals surface area (Å²) in [5, 5.41) is 0. The van der Waals surface area contributed by atoms with Crippen LogP contribution < -0.4 is 4.74 Å². The fourth-order valence-corrected chi connectivity index (χ4v) is 3.74. The molecule has 1 atom stereocenters. The third-order valence-electron chi connectivity index (χ3n) is 5.27. The van der Waals surface area contributed by atoms with E-state index >= 15 is 0 Å². The molecule has 0 unspecified atom stereocenters. The van der Waals surface area contributed by atoms with E-state index < -0.39 is 0 Å². The van der Waals surface area contributed by atoms with Gasteiger partial charge in [0.1, 0.15) is 24.4 Å². The van der Waals surface area contributed by atoms with Crippen LogP contribution in [0.1, 0.15) is 29.8 Å². The van der Waals surface area contributed by atoms with Crippen LogP contribution in [0, 0.1) is 5.41 Å². The molecule has 2 aliphatic heterocycles. The smallest absolute Gasteiger partial charge is 0.272 e. The molecule has 2 aliphatic rings. The number of ether oxygens (including phenoxy) is 2. The summed E-state index contributed by atoms with van der Waals surface area (Å²) in [5.74, 6) is 0.750. The van der Waals surface area contributed by atoms with E-state index in [1.807, 2.05) is 17.0 Å². The maximum atomic E-state index is 12.5. The van der Waals surface area contributed by atoms with E-state index in [-0.39, 0.29) is 17.4 Å². The number of nitrogens with zero attached hydrogens (tertiary/aromatic N) is 4. The third-order valence-corrected chi connectivity index (χ3v) is 5.27. The highest BCUT2D eigenvalue weighted by Crippen LogP contribution is 2.42. The van der Waals surface area contributed by atoms with Crippen molar-refractivity contribution in [3.63, 3.8) is 0 Å². The lowest BCUT2D eigenvalue weighted by Crippen LogP contribution is -2.43. The quantitative estimate of drug-likeness (QED) is 0.835. The van der Waals surface area contributed by atoms with Crippen LogP contribution in [0.5, 0.6) is 5.75 Å². The predicted octanol–water partition coefficient (Wildman–Crippen LogP) is 1.96.